The molecule has 0 saturated heterocycles. The van der Waals surface area contributed by atoms with Crippen molar-refractivity contribution in [2.75, 3.05) is 13.7 Å². The number of H-pyrrole nitrogens is 1. The maximum Gasteiger partial charge on any atom is 0.0628 e. The molecular weight excluding hydrogens is 226 g/mol. The van der Waals surface area contributed by atoms with E-state index in [4.69, 9.17) is 0 Å². The molecule has 2 N–H and O–H groups in total. The van der Waals surface area contributed by atoms with Crippen LogP contribution in [0.15, 0.2) is 6.07 Å². The van der Waals surface area contributed by atoms with E-state index in [9.17, 15) is 5.11 Å². The first kappa shape index (κ1) is 15.2. The molecule has 1 atom stereocenters. The highest BCUT2D eigenvalue weighted by Crippen LogP contribution is 2.13. The van der Waals surface area contributed by atoms with Crippen molar-refractivity contribution in [1.82, 2.24) is 15.1 Å². The van der Waals surface area contributed by atoms with Crippen LogP contribution in [0.3, 0.4) is 0 Å². The summed E-state index contributed by atoms with van der Waals surface area (Å²) in [6.07, 6.45) is 1.01. The molecule has 0 bridgehead atoms. The Hall–Kier alpha value is -0.870. The second-order valence-electron chi connectivity index (χ2n) is 5.89. The van der Waals surface area contributed by atoms with Gasteiger partial charge >= 0.3 is 0 Å². The summed E-state index contributed by atoms with van der Waals surface area (Å²) in [6.45, 7) is 9.65. The van der Waals surface area contributed by atoms with Gasteiger partial charge in [0.2, 0.25) is 0 Å². The minimum absolute atomic E-state index is 0.196. The van der Waals surface area contributed by atoms with Crippen molar-refractivity contribution >= 4 is 0 Å². The number of hydrogen-bond acceptors (Lipinski definition) is 3. The number of aliphatic hydroxyl groups excluding tert-OH is 1. The maximum absolute atomic E-state index is 9.40. The summed E-state index contributed by atoms with van der Waals surface area (Å²) >= 11 is 0. The van der Waals surface area contributed by atoms with Gasteiger partial charge in [0.1, 0.15) is 0 Å². The standard InChI is InChI=1S/C14H27N3O/c1-10(2)6-12-7-13(16-15-12)8-17(5)14(9-18)11(3)4/h7,10-11,14,18H,6,8-9H2,1-5H3,(H,15,16)/t14-/m1/s1. The third-order valence-electron chi connectivity index (χ3n) is 3.24. The molecule has 0 unspecified atom stereocenters. The molecule has 0 spiro atoms. The predicted octanol–water partition coefficient (Wildman–Crippen LogP) is 2.06. The van der Waals surface area contributed by atoms with Crippen LogP contribution in [0.5, 0.6) is 0 Å². The van der Waals surface area contributed by atoms with E-state index in [-0.39, 0.29) is 12.6 Å². The van der Waals surface area contributed by atoms with E-state index in [0.717, 1.165) is 24.4 Å². The Kier molecular flexibility index (Phi) is 5.82. The van der Waals surface area contributed by atoms with Gasteiger partial charge in [-0.3, -0.25) is 10.00 Å². The SMILES string of the molecule is CC(C)Cc1cc(CN(C)[C@H](CO)C(C)C)[nH]n1. The zero-order valence-corrected chi connectivity index (χ0v) is 12.3. The molecule has 0 fully saturated rings. The monoisotopic (exact) mass is 253 g/mol. The van der Waals surface area contributed by atoms with Crippen molar-refractivity contribution in [3.8, 4) is 0 Å². The van der Waals surface area contributed by atoms with Gasteiger partial charge in [-0.2, -0.15) is 5.10 Å². The number of hydrogen-bond donors (Lipinski definition) is 2. The summed E-state index contributed by atoms with van der Waals surface area (Å²) in [5.41, 5.74) is 2.24. The molecule has 0 aromatic carbocycles. The van der Waals surface area contributed by atoms with Gasteiger partial charge in [-0.1, -0.05) is 27.7 Å². The Morgan fingerprint density at radius 3 is 2.50 bits per heavy atom. The van der Waals surface area contributed by atoms with E-state index >= 15 is 0 Å². The first-order chi connectivity index (χ1) is 8.43. The summed E-state index contributed by atoms with van der Waals surface area (Å²) in [5, 5.41) is 16.8. The lowest BCUT2D eigenvalue weighted by Gasteiger charge is -2.28. The van der Waals surface area contributed by atoms with Gasteiger partial charge in [0.25, 0.3) is 0 Å². The molecule has 1 aromatic rings. The highest BCUT2D eigenvalue weighted by atomic mass is 16.3. The molecule has 0 aliphatic heterocycles. The van der Waals surface area contributed by atoms with Gasteiger partial charge in [-0.25, -0.2) is 0 Å². The number of aromatic amines is 1. The van der Waals surface area contributed by atoms with Crippen LogP contribution >= 0.6 is 0 Å². The van der Waals surface area contributed by atoms with Gasteiger partial charge < -0.3 is 5.11 Å². The number of rotatable bonds is 7. The lowest BCUT2D eigenvalue weighted by molar-refractivity contribution is 0.107. The van der Waals surface area contributed by atoms with E-state index in [0.29, 0.717) is 11.8 Å². The molecule has 0 saturated carbocycles. The van der Waals surface area contributed by atoms with Crippen molar-refractivity contribution < 1.29 is 5.11 Å². The Labute approximate surface area is 110 Å². The zero-order chi connectivity index (χ0) is 13.7. The van der Waals surface area contributed by atoms with Gasteiger partial charge in [-0.05, 0) is 31.4 Å². The van der Waals surface area contributed by atoms with Gasteiger partial charge in [-0.15, -0.1) is 0 Å². The minimum atomic E-state index is 0.196. The number of nitrogens with one attached hydrogen (secondary N) is 1. The predicted molar refractivity (Wildman–Crippen MR) is 74.3 cm³/mol. The van der Waals surface area contributed by atoms with Gasteiger partial charge in [0.05, 0.1) is 12.3 Å². The van der Waals surface area contributed by atoms with E-state index in [1.54, 1.807) is 0 Å². The van der Waals surface area contributed by atoms with Crippen LogP contribution in [0.25, 0.3) is 0 Å². The van der Waals surface area contributed by atoms with Crippen molar-refractivity contribution in [2.45, 2.75) is 46.7 Å². The molecule has 1 heterocycles. The lowest BCUT2D eigenvalue weighted by atomic mass is 10.0. The van der Waals surface area contributed by atoms with Gasteiger partial charge in [0.15, 0.2) is 0 Å². The second kappa shape index (κ2) is 6.90. The fourth-order valence-corrected chi connectivity index (χ4v) is 2.26. The van der Waals surface area contributed by atoms with Crippen molar-refractivity contribution in [1.29, 1.82) is 0 Å². The maximum atomic E-state index is 9.40. The van der Waals surface area contributed by atoms with Crippen LogP contribution < -0.4 is 0 Å². The topological polar surface area (TPSA) is 52.1 Å². The van der Waals surface area contributed by atoms with Crippen molar-refractivity contribution in [3.63, 3.8) is 0 Å². The quantitative estimate of drug-likeness (QED) is 0.782. The number of likely N-dealkylation sites (N-methyl/N-ethyl adjacent to an activating group) is 1. The summed E-state index contributed by atoms with van der Waals surface area (Å²) in [4.78, 5) is 2.18. The Morgan fingerprint density at radius 2 is 2.00 bits per heavy atom. The van der Waals surface area contributed by atoms with E-state index in [1.807, 2.05) is 7.05 Å². The second-order valence-corrected chi connectivity index (χ2v) is 5.89. The van der Waals surface area contributed by atoms with Gasteiger partial charge in [0, 0.05) is 18.3 Å². The average Bonchev–Trinajstić information content (AvgIpc) is 2.64. The summed E-state index contributed by atoms with van der Waals surface area (Å²) in [5.74, 6) is 1.07. The summed E-state index contributed by atoms with van der Waals surface area (Å²) in [7, 11) is 2.05. The molecule has 18 heavy (non-hydrogen) atoms. The molecule has 4 heteroatoms. The fraction of sp³-hybridized carbons (Fsp3) is 0.786. The Bertz CT molecular complexity index is 347. The molecule has 0 aliphatic rings. The molecule has 104 valence electrons. The third kappa shape index (κ3) is 4.42. The third-order valence-corrected chi connectivity index (χ3v) is 3.24. The van der Waals surface area contributed by atoms with Crippen LogP contribution in [0, 0.1) is 11.8 Å². The lowest BCUT2D eigenvalue weighted by Crippen LogP contribution is -2.38. The first-order valence-electron chi connectivity index (χ1n) is 6.78. The van der Waals surface area contributed by atoms with Crippen LogP contribution in [0.1, 0.15) is 39.1 Å². The zero-order valence-electron chi connectivity index (χ0n) is 12.3. The van der Waals surface area contributed by atoms with Crippen molar-refractivity contribution in [3.05, 3.63) is 17.5 Å². The molecule has 4 nitrogen and oxygen atoms in total. The molecule has 1 rings (SSSR count). The molecule has 0 amide bonds. The van der Waals surface area contributed by atoms with E-state index in [1.165, 1.54) is 0 Å². The smallest absolute Gasteiger partial charge is 0.0628 e. The van der Waals surface area contributed by atoms with Crippen LogP contribution in [0.4, 0.5) is 0 Å². The van der Waals surface area contributed by atoms with Crippen molar-refractivity contribution in [2.24, 2.45) is 11.8 Å². The summed E-state index contributed by atoms with van der Waals surface area (Å²) < 4.78 is 0. The molecular formula is C14H27N3O. The molecule has 0 aliphatic carbocycles. The fourth-order valence-electron chi connectivity index (χ4n) is 2.26. The van der Waals surface area contributed by atoms with Crippen LogP contribution in [-0.2, 0) is 13.0 Å². The Balaban J connectivity index is 2.58. The highest BCUT2D eigenvalue weighted by Gasteiger charge is 2.18. The van der Waals surface area contributed by atoms with E-state index < -0.39 is 0 Å². The Morgan fingerprint density at radius 1 is 1.33 bits per heavy atom. The highest BCUT2D eigenvalue weighted by molar-refractivity contribution is 5.09. The minimum Gasteiger partial charge on any atom is -0.395 e. The molecule has 0 radical (unpaired) electrons. The first-order valence-corrected chi connectivity index (χ1v) is 6.78. The number of aliphatic hydroxyl groups is 1. The summed E-state index contributed by atoms with van der Waals surface area (Å²) in [6, 6.07) is 2.33. The largest absolute Gasteiger partial charge is 0.395 e. The van der Waals surface area contributed by atoms with Crippen LogP contribution in [-0.4, -0.2) is 39.9 Å². The van der Waals surface area contributed by atoms with Crippen LogP contribution in [0.2, 0.25) is 0 Å². The van der Waals surface area contributed by atoms with E-state index in [2.05, 4.69) is 48.9 Å². The number of aromatic nitrogens is 2. The normalized spacial score (nSPS) is 13.8. The molecule has 1 aromatic heterocycles. The number of nitrogens with zero attached hydrogens (tertiary/aromatic N) is 2. The average molecular weight is 253 g/mol.